The van der Waals surface area contributed by atoms with E-state index in [9.17, 15) is 53.7 Å². The maximum absolute atomic E-state index is 15.1. The molecule has 68 heavy (non-hydrogen) atoms. The molecule has 6 atom stereocenters. The van der Waals surface area contributed by atoms with Gasteiger partial charge in [0.25, 0.3) is 5.91 Å². The summed E-state index contributed by atoms with van der Waals surface area (Å²) in [5.74, 6) is -8.43. The Labute approximate surface area is 396 Å². The third-order valence-electron chi connectivity index (χ3n) is 12.3. The van der Waals surface area contributed by atoms with E-state index in [0.29, 0.717) is 35.7 Å². The van der Waals surface area contributed by atoms with Crippen LogP contribution in [0.5, 0.6) is 5.75 Å². The quantitative estimate of drug-likeness (QED) is 0.0447. The Morgan fingerprint density at radius 1 is 0.941 bits per heavy atom. The van der Waals surface area contributed by atoms with Crippen LogP contribution in [0.1, 0.15) is 73.4 Å². The number of nitrogens with one attached hydrogen (secondary N) is 5. The largest absolute Gasteiger partial charge is 0.488 e. The smallest absolute Gasteiger partial charge is 0.307 e. The molecule has 0 aromatic heterocycles. The van der Waals surface area contributed by atoms with Crippen molar-refractivity contribution in [1.29, 1.82) is 0 Å². The van der Waals surface area contributed by atoms with E-state index >= 15 is 4.79 Å². The summed E-state index contributed by atoms with van der Waals surface area (Å²) in [6, 6.07) is 11.6. The normalized spacial score (nSPS) is 18.1. The average molecular weight is 955 g/mol. The van der Waals surface area contributed by atoms with Gasteiger partial charge in [0.05, 0.1) is 18.9 Å². The minimum Gasteiger partial charge on any atom is -0.488 e. The van der Waals surface area contributed by atoms with Crippen molar-refractivity contribution in [3.8, 4) is 5.75 Å². The first kappa shape index (κ1) is 50.4. The van der Waals surface area contributed by atoms with Crippen LogP contribution < -0.4 is 31.3 Å². The number of aryl methyl sites for hydroxylation is 1. The molecular formula is C48H54N6O13S. The van der Waals surface area contributed by atoms with Crippen LogP contribution in [0.3, 0.4) is 0 Å². The van der Waals surface area contributed by atoms with Gasteiger partial charge in [-0.1, -0.05) is 55.8 Å². The van der Waals surface area contributed by atoms with Crippen LogP contribution in [-0.4, -0.2) is 117 Å². The number of carbonyl (C=O) groups excluding carboxylic acids is 7. The van der Waals surface area contributed by atoms with E-state index in [-0.39, 0.29) is 61.4 Å². The Kier molecular flexibility index (Phi) is 16.1. The second-order valence-corrected chi connectivity index (χ2v) is 18.0. The van der Waals surface area contributed by atoms with E-state index in [1.165, 1.54) is 23.1 Å². The number of thiol groups is 1. The maximum Gasteiger partial charge on any atom is 0.307 e. The predicted molar refractivity (Wildman–Crippen MR) is 249 cm³/mol. The lowest BCUT2D eigenvalue weighted by molar-refractivity contribution is -0.147. The van der Waals surface area contributed by atoms with E-state index in [0.717, 1.165) is 16.8 Å². The Bertz CT molecular complexity index is 2520. The van der Waals surface area contributed by atoms with Gasteiger partial charge in [-0.2, -0.15) is 0 Å². The lowest BCUT2D eigenvalue weighted by Crippen LogP contribution is -2.65. The monoisotopic (exact) mass is 954 g/mol. The molecule has 2 unspecified atom stereocenters. The summed E-state index contributed by atoms with van der Waals surface area (Å²) in [5.41, 5.74) is 4.37. The van der Waals surface area contributed by atoms with Crippen LogP contribution in [0.4, 0.5) is 11.4 Å². The van der Waals surface area contributed by atoms with Crippen LogP contribution in [0.15, 0.2) is 66.2 Å². The fourth-order valence-corrected chi connectivity index (χ4v) is 8.78. The molecule has 8 N–H and O–H groups in total. The molecule has 6 rings (SSSR count). The van der Waals surface area contributed by atoms with Gasteiger partial charge in [-0.05, 0) is 72.6 Å². The Balaban J connectivity index is 1.27. The molecule has 0 aliphatic carbocycles. The first-order valence-electron chi connectivity index (χ1n) is 22.0. The Morgan fingerprint density at radius 3 is 2.35 bits per heavy atom. The number of aliphatic hydroxyl groups is 1. The topological polar surface area (TPSA) is 287 Å². The van der Waals surface area contributed by atoms with Gasteiger partial charge in [-0.25, -0.2) is 0 Å². The zero-order valence-electron chi connectivity index (χ0n) is 37.6. The number of hydrogen-bond donors (Lipinski definition) is 9. The third-order valence-corrected chi connectivity index (χ3v) is 13.1. The first-order chi connectivity index (χ1) is 32.4. The number of nitrogens with zero attached hydrogens (tertiary/aromatic N) is 1. The number of carboxylic acids is 2. The van der Waals surface area contributed by atoms with Gasteiger partial charge in [-0.3, -0.25) is 38.4 Å². The van der Waals surface area contributed by atoms with E-state index < -0.39 is 95.4 Å². The standard InChI is InChI=1S/C48H54N6O13S/c1-25(2)48(68,53-44(63)36(9-6-10-39(58)59)51-43(62)37-18-28-7-4-5-8-35(28)50-37)47(66)54-16-15-27-17-26(3)11-13-32(27)42(54)46(65)52-41(29(21-55)22-56)45(64)49-31-12-14-33-34(20-40(60)61)30(23-57)24-67-38(33)19-31/h4-5,7-8,11-14,17,19,21,23,25,29,36-37,41-42,50,56,68H,6,9-10,15-16,18,20,22,24H2,1-3H3,(H,49,64)(H,51,62)(H,52,65)(H,53,63)(H,58,59)(H,60,61)/t29?,36-,37?,41-,42-,48-/m0/s1. The van der Waals surface area contributed by atoms with E-state index in [2.05, 4.69) is 26.6 Å². The SMILES string of the molecule is Cc1ccc2c(c1)CCN(C(=O)[C@](S)(NC(=O)[C@H](CCCC(=O)O)NC(=O)C1Cc3ccccc3N1)C(C)C)[C@@H]2C(=O)N[C@H](C(=O)Nc1ccc2c(c1)OCC(C=O)=C2CC(=O)O)C(C=O)CO. The van der Waals surface area contributed by atoms with Gasteiger partial charge in [0.15, 0.2) is 4.87 Å². The Morgan fingerprint density at radius 2 is 1.69 bits per heavy atom. The minimum atomic E-state index is -2.04. The minimum absolute atomic E-state index is 0.00369. The molecular weight excluding hydrogens is 901 g/mol. The second-order valence-electron chi connectivity index (χ2n) is 17.3. The second kappa shape index (κ2) is 21.7. The predicted octanol–water partition coefficient (Wildman–Crippen LogP) is 2.35. The van der Waals surface area contributed by atoms with Gasteiger partial charge >= 0.3 is 11.9 Å². The van der Waals surface area contributed by atoms with Crippen LogP contribution in [0.2, 0.25) is 0 Å². The fraction of sp³-hybridized carbons (Fsp3) is 0.396. The zero-order valence-corrected chi connectivity index (χ0v) is 38.5. The zero-order chi connectivity index (χ0) is 49.4. The van der Waals surface area contributed by atoms with Gasteiger partial charge in [0.1, 0.15) is 49.1 Å². The van der Waals surface area contributed by atoms with Crippen molar-refractivity contribution in [2.45, 2.75) is 88.3 Å². The van der Waals surface area contributed by atoms with Crippen molar-refractivity contribution in [3.05, 3.63) is 94.1 Å². The van der Waals surface area contributed by atoms with Crippen LogP contribution >= 0.6 is 12.6 Å². The molecule has 0 radical (unpaired) electrons. The van der Waals surface area contributed by atoms with Crippen molar-refractivity contribution in [1.82, 2.24) is 20.9 Å². The van der Waals surface area contributed by atoms with Gasteiger partial charge in [0.2, 0.25) is 23.6 Å². The maximum atomic E-state index is 15.1. The fourth-order valence-electron chi connectivity index (χ4n) is 8.55. The van der Waals surface area contributed by atoms with Crippen molar-refractivity contribution >= 4 is 83.6 Å². The molecule has 3 aromatic rings. The summed E-state index contributed by atoms with van der Waals surface area (Å²) in [6.07, 6.45) is 0.540. The molecule has 19 nitrogen and oxygen atoms in total. The molecule has 0 fully saturated rings. The number of benzene rings is 3. The molecule has 5 amide bonds. The number of carboxylic acid groups (broad SMARTS) is 2. The number of amides is 5. The van der Waals surface area contributed by atoms with E-state index in [4.69, 9.17) is 17.4 Å². The number of carbonyl (C=O) groups is 9. The number of hydrogen-bond acceptors (Lipinski definition) is 13. The number of para-hydroxylation sites is 1. The lowest BCUT2D eigenvalue weighted by Gasteiger charge is -2.43. The molecule has 0 saturated heterocycles. The average Bonchev–Trinajstić information content (AvgIpc) is 3.75. The summed E-state index contributed by atoms with van der Waals surface area (Å²) < 4.78 is 5.68. The highest BCUT2D eigenvalue weighted by Gasteiger charge is 2.49. The summed E-state index contributed by atoms with van der Waals surface area (Å²) in [7, 11) is 0. The molecule has 0 saturated carbocycles. The molecule has 3 aliphatic rings. The highest BCUT2D eigenvalue weighted by Crippen LogP contribution is 2.38. The molecule has 20 heteroatoms. The van der Waals surface area contributed by atoms with Gasteiger partial charge < -0.3 is 56.3 Å². The van der Waals surface area contributed by atoms with Crippen LogP contribution in [0.25, 0.3) is 5.57 Å². The summed E-state index contributed by atoms with van der Waals surface area (Å²) >= 11 is 4.79. The van der Waals surface area contributed by atoms with Crippen molar-refractivity contribution in [3.63, 3.8) is 0 Å². The molecule has 3 aromatic carbocycles. The molecule has 0 bridgehead atoms. The van der Waals surface area contributed by atoms with Crippen LogP contribution in [-0.2, 0) is 56.0 Å². The number of aliphatic hydroxyl groups excluding tert-OH is 1. The Hall–Kier alpha value is -7.06. The number of ether oxygens (including phenoxy) is 1. The first-order valence-corrected chi connectivity index (χ1v) is 22.5. The number of aldehydes is 2. The number of anilines is 2. The van der Waals surface area contributed by atoms with Crippen LogP contribution in [0, 0.1) is 18.8 Å². The number of rotatable bonds is 20. The van der Waals surface area contributed by atoms with Crippen molar-refractivity contribution in [2.75, 3.05) is 30.4 Å². The molecule has 0 spiro atoms. The van der Waals surface area contributed by atoms with E-state index in [1.54, 1.807) is 26.0 Å². The summed E-state index contributed by atoms with van der Waals surface area (Å²) in [5, 5.41) is 42.9. The highest BCUT2D eigenvalue weighted by atomic mass is 32.1. The lowest BCUT2D eigenvalue weighted by atomic mass is 9.88. The molecule has 3 heterocycles. The van der Waals surface area contributed by atoms with Gasteiger partial charge in [-0.15, -0.1) is 12.6 Å². The number of aliphatic carboxylic acids is 2. The van der Waals surface area contributed by atoms with Crippen molar-refractivity contribution in [2.24, 2.45) is 11.8 Å². The van der Waals surface area contributed by atoms with Gasteiger partial charge in [0, 0.05) is 48.0 Å². The molecule has 3 aliphatic heterocycles. The summed E-state index contributed by atoms with van der Waals surface area (Å²) in [4.78, 5) is 118. The molecule has 360 valence electrons. The van der Waals surface area contributed by atoms with E-state index in [1.807, 2.05) is 37.3 Å². The third kappa shape index (κ3) is 11.2. The van der Waals surface area contributed by atoms with Crippen molar-refractivity contribution < 1.29 is 63.2 Å². The highest BCUT2D eigenvalue weighted by molar-refractivity contribution is 7.82. The number of fused-ring (bicyclic) bond motifs is 3. The summed E-state index contributed by atoms with van der Waals surface area (Å²) in [6.45, 7) is 3.91.